The minimum atomic E-state index is -1.23. The van der Waals surface area contributed by atoms with Crippen LogP contribution in [0.5, 0.6) is 0 Å². The Kier molecular flexibility index (Phi) is 2.71. The van der Waals surface area contributed by atoms with E-state index >= 15 is 0 Å². The Bertz CT molecular complexity index is 455. The zero-order valence-electron chi connectivity index (χ0n) is 8.61. The quantitative estimate of drug-likeness (QED) is 0.907. The second kappa shape index (κ2) is 3.90. The molecule has 84 valence electrons. The fourth-order valence-corrected chi connectivity index (χ4v) is 1.72. The van der Waals surface area contributed by atoms with Crippen LogP contribution in [-0.2, 0) is 9.63 Å². The molecule has 1 atom stereocenters. The lowest BCUT2D eigenvalue weighted by Gasteiger charge is -2.14. The maximum absolute atomic E-state index is 10.9. The largest absolute Gasteiger partial charge is 0.478 e. The van der Waals surface area contributed by atoms with Crippen molar-refractivity contribution in [1.29, 1.82) is 0 Å². The molecule has 0 saturated carbocycles. The fraction of sp³-hybridized carbons (Fsp3) is 0.273. The highest BCUT2D eigenvalue weighted by atomic mass is 79.9. The molecule has 1 aliphatic heterocycles. The van der Waals surface area contributed by atoms with Crippen molar-refractivity contribution in [3.63, 3.8) is 0 Å². The Morgan fingerprint density at radius 1 is 1.50 bits per heavy atom. The lowest BCUT2D eigenvalue weighted by Crippen LogP contribution is -2.35. The maximum atomic E-state index is 10.9. The molecule has 1 N–H and O–H groups in total. The van der Waals surface area contributed by atoms with Gasteiger partial charge in [-0.25, -0.2) is 4.79 Å². The average molecular weight is 284 g/mol. The van der Waals surface area contributed by atoms with Gasteiger partial charge in [0.05, 0.1) is 5.71 Å². The lowest BCUT2D eigenvalue weighted by molar-refractivity contribution is -0.160. The second-order valence-corrected chi connectivity index (χ2v) is 4.76. The van der Waals surface area contributed by atoms with Gasteiger partial charge in [0.25, 0.3) is 0 Å². The standard InChI is InChI=1S/C11H10BrNO3/c1-11(10(14)15)6-9(13-16-11)7-2-4-8(12)5-3-7/h2-5H,6H2,1H3,(H,14,15)/t11-/m0/s1. The van der Waals surface area contributed by atoms with Gasteiger partial charge in [0.2, 0.25) is 5.60 Å². The predicted molar refractivity (Wildman–Crippen MR) is 62.4 cm³/mol. The van der Waals surface area contributed by atoms with Crippen molar-refractivity contribution in [2.24, 2.45) is 5.16 Å². The van der Waals surface area contributed by atoms with Crippen LogP contribution in [0.15, 0.2) is 33.9 Å². The number of carbonyl (C=O) groups is 1. The zero-order valence-corrected chi connectivity index (χ0v) is 10.2. The molecule has 0 fully saturated rings. The van der Waals surface area contributed by atoms with Gasteiger partial charge in [0, 0.05) is 10.9 Å². The Morgan fingerprint density at radius 2 is 2.12 bits per heavy atom. The van der Waals surface area contributed by atoms with Gasteiger partial charge in [-0.2, -0.15) is 0 Å². The lowest BCUT2D eigenvalue weighted by atomic mass is 9.96. The van der Waals surface area contributed by atoms with Gasteiger partial charge in [-0.15, -0.1) is 0 Å². The third kappa shape index (κ3) is 1.95. The highest BCUT2D eigenvalue weighted by molar-refractivity contribution is 9.10. The Labute approximate surface area is 101 Å². The highest BCUT2D eigenvalue weighted by Crippen LogP contribution is 2.27. The summed E-state index contributed by atoms with van der Waals surface area (Å²) >= 11 is 3.33. The van der Waals surface area contributed by atoms with E-state index in [9.17, 15) is 4.79 Å². The molecule has 5 heteroatoms. The minimum Gasteiger partial charge on any atom is -0.478 e. The van der Waals surface area contributed by atoms with Gasteiger partial charge in [-0.05, 0) is 24.6 Å². The summed E-state index contributed by atoms with van der Waals surface area (Å²) < 4.78 is 0.969. The predicted octanol–water partition coefficient (Wildman–Crippen LogP) is 2.42. The first-order valence-electron chi connectivity index (χ1n) is 4.76. The fourth-order valence-electron chi connectivity index (χ4n) is 1.45. The van der Waals surface area contributed by atoms with Crippen LogP contribution >= 0.6 is 15.9 Å². The van der Waals surface area contributed by atoms with Crippen LogP contribution < -0.4 is 0 Å². The van der Waals surface area contributed by atoms with Crippen LogP contribution in [0.1, 0.15) is 18.9 Å². The molecule has 0 amide bonds. The van der Waals surface area contributed by atoms with Crippen molar-refractivity contribution >= 4 is 27.6 Å². The highest BCUT2D eigenvalue weighted by Gasteiger charge is 2.42. The van der Waals surface area contributed by atoms with Crippen molar-refractivity contribution in [1.82, 2.24) is 0 Å². The molecule has 16 heavy (non-hydrogen) atoms. The molecule has 1 aromatic carbocycles. The SMILES string of the molecule is C[C@@]1(C(=O)O)CC(c2ccc(Br)cc2)=NO1. The number of oxime groups is 1. The summed E-state index contributed by atoms with van der Waals surface area (Å²) in [4.78, 5) is 15.9. The van der Waals surface area contributed by atoms with E-state index in [0.29, 0.717) is 5.71 Å². The molecule has 4 nitrogen and oxygen atoms in total. The van der Waals surface area contributed by atoms with E-state index < -0.39 is 11.6 Å². The molecule has 2 rings (SSSR count). The van der Waals surface area contributed by atoms with Crippen molar-refractivity contribution < 1.29 is 14.7 Å². The van der Waals surface area contributed by atoms with Crippen LogP contribution in [0, 0.1) is 0 Å². The number of benzene rings is 1. The monoisotopic (exact) mass is 283 g/mol. The summed E-state index contributed by atoms with van der Waals surface area (Å²) in [6, 6.07) is 7.52. The van der Waals surface area contributed by atoms with Crippen LogP contribution in [-0.4, -0.2) is 22.4 Å². The van der Waals surface area contributed by atoms with E-state index in [1.165, 1.54) is 6.92 Å². The first-order valence-corrected chi connectivity index (χ1v) is 5.55. The number of halogens is 1. The molecule has 0 aromatic heterocycles. The summed E-state index contributed by atoms with van der Waals surface area (Å²) in [6.45, 7) is 1.52. The van der Waals surface area contributed by atoms with Gasteiger partial charge in [0.1, 0.15) is 0 Å². The molecule has 1 heterocycles. The number of rotatable bonds is 2. The summed E-state index contributed by atoms with van der Waals surface area (Å²) in [6.07, 6.45) is 0.282. The number of carboxylic acid groups (broad SMARTS) is 1. The number of nitrogens with zero attached hydrogens (tertiary/aromatic N) is 1. The van der Waals surface area contributed by atoms with E-state index in [2.05, 4.69) is 21.1 Å². The Balaban J connectivity index is 2.20. The van der Waals surface area contributed by atoms with Crippen LogP contribution in [0.4, 0.5) is 0 Å². The second-order valence-electron chi connectivity index (χ2n) is 3.85. The minimum absolute atomic E-state index is 0.282. The van der Waals surface area contributed by atoms with E-state index in [1.807, 2.05) is 24.3 Å². The molecule has 1 aliphatic rings. The van der Waals surface area contributed by atoms with E-state index in [0.717, 1.165) is 10.0 Å². The van der Waals surface area contributed by atoms with Crippen molar-refractivity contribution in [3.05, 3.63) is 34.3 Å². The number of hydrogen-bond acceptors (Lipinski definition) is 3. The first kappa shape index (κ1) is 11.1. The van der Waals surface area contributed by atoms with Gasteiger partial charge in [0.15, 0.2) is 0 Å². The molecular weight excluding hydrogens is 274 g/mol. The number of carboxylic acids is 1. The van der Waals surface area contributed by atoms with Crippen molar-refractivity contribution in [3.8, 4) is 0 Å². The molecular formula is C11H10BrNO3. The molecule has 1 aromatic rings. The Morgan fingerprint density at radius 3 is 2.62 bits per heavy atom. The Hall–Kier alpha value is -1.36. The van der Waals surface area contributed by atoms with Crippen molar-refractivity contribution in [2.75, 3.05) is 0 Å². The smallest absolute Gasteiger partial charge is 0.351 e. The number of aliphatic carboxylic acids is 1. The van der Waals surface area contributed by atoms with E-state index in [1.54, 1.807) is 0 Å². The average Bonchev–Trinajstić information content (AvgIpc) is 2.63. The summed E-state index contributed by atoms with van der Waals surface area (Å²) in [5.41, 5.74) is 0.313. The van der Waals surface area contributed by atoms with Gasteiger partial charge >= 0.3 is 5.97 Å². The summed E-state index contributed by atoms with van der Waals surface area (Å²) in [5.74, 6) is -0.997. The summed E-state index contributed by atoms with van der Waals surface area (Å²) in [7, 11) is 0. The topological polar surface area (TPSA) is 58.9 Å². The van der Waals surface area contributed by atoms with Crippen molar-refractivity contribution in [2.45, 2.75) is 18.9 Å². The molecule has 0 radical (unpaired) electrons. The van der Waals surface area contributed by atoms with Crippen LogP contribution in [0.25, 0.3) is 0 Å². The van der Waals surface area contributed by atoms with E-state index in [-0.39, 0.29) is 6.42 Å². The summed E-state index contributed by atoms with van der Waals surface area (Å²) in [5, 5.41) is 12.8. The molecule has 0 bridgehead atoms. The van der Waals surface area contributed by atoms with Crippen LogP contribution in [0.3, 0.4) is 0 Å². The van der Waals surface area contributed by atoms with Gasteiger partial charge < -0.3 is 9.94 Å². The van der Waals surface area contributed by atoms with Gasteiger partial charge in [-0.3, -0.25) is 0 Å². The third-order valence-electron chi connectivity index (χ3n) is 2.49. The molecule has 0 unspecified atom stereocenters. The number of hydrogen-bond donors (Lipinski definition) is 1. The van der Waals surface area contributed by atoms with Gasteiger partial charge in [-0.1, -0.05) is 33.2 Å². The first-order chi connectivity index (χ1) is 7.51. The van der Waals surface area contributed by atoms with E-state index in [4.69, 9.17) is 9.94 Å². The zero-order chi connectivity index (χ0) is 11.8. The third-order valence-corrected chi connectivity index (χ3v) is 3.02. The molecule has 0 saturated heterocycles. The molecule has 0 aliphatic carbocycles. The molecule has 0 spiro atoms. The maximum Gasteiger partial charge on any atom is 0.351 e. The van der Waals surface area contributed by atoms with Crippen LogP contribution in [0.2, 0.25) is 0 Å². The normalized spacial score (nSPS) is 23.8.